The first kappa shape index (κ1) is 19.4. The Morgan fingerprint density at radius 3 is 2.76 bits per heavy atom. The van der Waals surface area contributed by atoms with E-state index in [0.717, 1.165) is 44.9 Å². The summed E-state index contributed by atoms with van der Waals surface area (Å²) in [6, 6.07) is 4.33. The first-order valence-corrected chi connectivity index (χ1v) is 11.4. The Kier molecular flexibility index (Phi) is 6.96. The Morgan fingerprint density at radius 1 is 1.28 bits per heavy atom. The minimum Gasteiger partial charge on any atom is -0.393 e. The summed E-state index contributed by atoms with van der Waals surface area (Å²) in [5.41, 5.74) is 0.199. The molecule has 1 N–H and O–H groups in total. The van der Waals surface area contributed by atoms with Crippen molar-refractivity contribution in [3.8, 4) is 0 Å². The third-order valence-electron chi connectivity index (χ3n) is 7.24. The lowest BCUT2D eigenvalue weighted by Gasteiger charge is -2.45. The van der Waals surface area contributed by atoms with Crippen LogP contribution < -0.4 is 0 Å². The van der Waals surface area contributed by atoms with E-state index in [1.807, 2.05) is 11.3 Å². The molecule has 2 aliphatic rings. The molecule has 2 saturated carbocycles. The molecule has 3 rings (SSSR count). The fourth-order valence-electron chi connectivity index (χ4n) is 5.27. The monoisotopic (exact) mass is 366 g/mol. The molecule has 1 nitrogen and oxygen atoms in total. The summed E-state index contributed by atoms with van der Waals surface area (Å²) >= 11 is 1.83. The van der Waals surface area contributed by atoms with Crippen molar-refractivity contribution in [2.24, 2.45) is 17.3 Å². The first-order valence-electron chi connectivity index (χ1n) is 10.5. The van der Waals surface area contributed by atoms with E-state index >= 15 is 0 Å². The van der Waals surface area contributed by atoms with Crippen LogP contribution in [0.5, 0.6) is 0 Å². The Bertz CT molecular complexity index is 491. The fourth-order valence-corrected chi connectivity index (χ4v) is 6.02. The van der Waals surface area contributed by atoms with Crippen LogP contribution in [0.1, 0.15) is 82.4 Å². The van der Waals surface area contributed by atoms with E-state index in [1.165, 1.54) is 37.0 Å². The average molecular weight is 367 g/mol. The second-order valence-corrected chi connectivity index (χ2v) is 9.54. The minimum absolute atomic E-state index is 0.164. The maximum absolute atomic E-state index is 14.4. The predicted octanol–water partition coefficient (Wildman–Crippen LogP) is 6.55. The van der Waals surface area contributed by atoms with Gasteiger partial charge in [0.25, 0.3) is 0 Å². The van der Waals surface area contributed by atoms with Crippen LogP contribution in [0.15, 0.2) is 17.5 Å². The van der Waals surface area contributed by atoms with Crippen LogP contribution in [0.4, 0.5) is 4.39 Å². The van der Waals surface area contributed by atoms with Crippen molar-refractivity contribution < 1.29 is 9.50 Å². The SMILES string of the molecule is CCC1(C(O)CCCC2C(F)CCC2CCCc2cccs2)CCC1. The van der Waals surface area contributed by atoms with Crippen LogP contribution in [-0.2, 0) is 6.42 Å². The van der Waals surface area contributed by atoms with Crippen molar-refractivity contribution in [2.45, 2.75) is 96.2 Å². The van der Waals surface area contributed by atoms with Gasteiger partial charge in [-0.15, -0.1) is 11.3 Å². The maximum Gasteiger partial charge on any atom is 0.103 e. The molecule has 2 fully saturated rings. The van der Waals surface area contributed by atoms with E-state index in [9.17, 15) is 9.50 Å². The second kappa shape index (κ2) is 8.99. The van der Waals surface area contributed by atoms with Gasteiger partial charge in [-0.05, 0) is 92.9 Å². The zero-order chi connectivity index (χ0) is 17.7. The largest absolute Gasteiger partial charge is 0.393 e. The van der Waals surface area contributed by atoms with E-state index in [1.54, 1.807) is 0 Å². The molecule has 0 amide bonds. The predicted molar refractivity (Wildman–Crippen MR) is 105 cm³/mol. The lowest BCUT2D eigenvalue weighted by Crippen LogP contribution is -2.40. The summed E-state index contributed by atoms with van der Waals surface area (Å²) in [6.45, 7) is 2.21. The molecule has 2 aliphatic carbocycles. The molecule has 25 heavy (non-hydrogen) atoms. The van der Waals surface area contributed by atoms with Gasteiger partial charge in [0.05, 0.1) is 6.10 Å². The summed E-state index contributed by atoms with van der Waals surface area (Å²) in [5.74, 6) is 0.811. The van der Waals surface area contributed by atoms with Crippen LogP contribution in [0.3, 0.4) is 0 Å². The number of hydrogen-bond donors (Lipinski definition) is 1. The highest BCUT2D eigenvalue weighted by molar-refractivity contribution is 7.09. The van der Waals surface area contributed by atoms with Crippen molar-refractivity contribution in [3.05, 3.63) is 22.4 Å². The molecular weight excluding hydrogens is 331 g/mol. The minimum atomic E-state index is -0.604. The molecule has 1 heterocycles. The van der Waals surface area contributed by atoms with Gasteiger partial charge in [0.15, 0.2) is 0 Å². The highest BCUT2D eigenvalue weighted by Gasteiger charge is 2.41. The molecule has 0 spiro atoms. The topological polar surface area (TPSA) is 20.2 Å². The summed E-state index contributed by atoms with van der Waals surface area (Å²) in [4.78, 5) is 1.46. The third-order valence-corrected chi connectivity index (χ3v) is 8.17. The van der Waals surface area contributed by atoms with E-state index in [0.29, 0.717) is 5.92 Å². The van der Waals surface area contributed by atoms with Gasteiger partial charge in [0, 0.05) is 4.88 Å². The quantitative estimate of drug-likeness (QED) is 0.498. The molecular formula is C22H35FOS. The van der Waals surface area contributed by atoms with Gasteiger partial charge in [-0.1, -0.05) is 25.8 Å². The number of rotatable bonds is 10. The number of aryl methyl sites for hydroxylation is 1. The van der Waals surface area contributed by atoms with Crippen LogP contribution in [0.25, 0.3) is 0 Å². The highest BCUT2D eigenvalue weighted by atomic mass is 32.1. The lowest BCUT2D eigenvalue weighted by molar-refractivity contribution is -0.0440. The van der Waals surface area contributed by atoms with Crippen LogP contribution in [-0.4, -0.2) is 17.4 Å². The Labute approximate surface area is 157 Å². The van der Waals surface area contributed by atoms with Crippen LogP contribution in [0.2, 0.25) is 0 Å². The van der Waals surface area contributed by atoms with Gasteiger partial charge in [-0.25, -0.2) is 4.39 Å². The van der Waals surface area contributed by atoms with Crippen LogP contribution >= 0.6 is 11.3 Å². The summed E-state index contributed by atoms with van der Waals surface area (Å²) in [6.07, 6.45) is 12.1. The summed E-state index contributed by atoms with van der Waals surface area (Å²) < 4.78 is 14.4. The molecule has 4 atom stereocenters. The van der Waals surface area contributed by atoms with Crippen LogP contribution in [0, 0.1) is 17.3 Å². The van der Waals surface area contributed by atoms with Gasteiger partial charge in [0.1, 0.15) is 6.17 Å². The number of aliphatic hydroxyl groups is 1. The fraction of sp³-hybridized carbons (Fsp3) is 0.818. The summed E-state index contributed by atoms with van der Waals surface area (Å²) in [5, 5.41) is 12.7. The molecule has 3 heteroatoms. The molecule has 4 unspecified atom stereocenters. The Morgan fingerprint density at radius 2 is 2.12 bits per heavy atom. The Hall–Kier alpha value is -0.410. The van der Waals surface area contributed by atoms with E-state index in [2.05, 4.69) is 24.4 Å². The number of thiophene rings is 1. The van der Waals surface area contributed by atoms with E-state index in [-0.39, 0.29) is 17.4 Å². The molecule has 142 valence electrons. The van der Waals surface area contributed by atoms with Gasteiger partial charge in [-0.3, -0.25) is 0 Å². The third kappa shape index (κ3) is 4.66. The number of halogens is 1. The zero-order valence-electron chi connectivity index (χ0n) is 15.8. The second-order valence-electron chi connectivity index (χ2n) is 8.51. The standard InChI is InChI=1S/C22H35FOS/c1-2-22(14-6-15-22)21(24)11-4-10-19-17(12-13-20(19)23)7-3-8-18-9-5-16-25-18/h5,9,16-17,19-21,24H,2-4,6-8,10-15H2,1H3. The van der Waals surface area contributed by atoms with Crippen molar-refractivity contribution >= 4 is 11.3 Å². The van der Waals surface area contributed by atoms with Gasteiger partial charge < -0.3 is 5.11 Å². The normalized spacial score (nSPS) is 29.5. The molecule has 1 aromatic rings. The van der Waals surface area contributed by atoms with Crippen molar-refractivity contribution in [2.75, 3.05) is 0 Å². The highest BCUT2D eigenvalue weighted by Crippen LogP contribution is 2.48. The molecule has 1 aromatic heterocycles. The first-order chi connectivity index (χ1) is 12.1. The van der Waals surface area contributed by atoms with Gasteiger partial charge in [-0.2, -0.15) is 0 Å². The maximum atomic E-state index is 14.4. The van der Waals surface area contributed by atoms with Gasteiger partial charge in [0.2, 0.25) is 0 Å². The summed E-state index contributed by atoms with van der Waals surface area (Å²) in [7, 11) is 0. The molecule has 0 aromatic carbocycles. The van der Waals surface area contributed by atoms with Gasteiger partial charge >= 0.3 is 0 Å². The van der Waals surface area contributed by atoms with Crippen molar-refractivity contribution in [1.82, 2.24) is 0 Å². The number of hydrogen-bond acceptors (Lipinski definition) is 2. The zero-order valence-corrected chi connectivity index (χ0v) is 16.6. The van der Waals surface area contributed by atoms with Crippen molar-refractivity contribution in [3.63, 3.8) is 0 Å². The molecule has 0 aliphatic heterocycles. The Balaban J connectivity index is 1.40. The number of alkyl halides is 1. The number of aliphatic hydroxyl groups excluding tert-OH is 1. The average Bonchev–Trinajstić information content (AvgIpc) is 3.19. The molecule has 0 saturated heterocycles. The smallest absolute Gasteiger partial charge is 0.103 e. The van der Waals surface area contributed by atoms with Crippen molar-refractivity contribution in [1.29, 1.82) is 0 Å². The van der Waals surface area contributed by atoms with E-state index in [4.69, 9.17) is 0 Å². The molecule has 0 radical (unpaired) electrons. The lowest BCUT2D eigenvalue weighted by atomic mass is 9.62. The van der Waals surface area contributed by atoms with E-state index < -0.39 is 6.17 Å². The molecule has 0 bridgehead atoms.